The molecule has 1 N–H and O–H groups in total. The Balaban J connectivity index is 1.54. The number of benzene rings is 1. The largest absolute Gasteiger partial charge is 0.461 e. The highest BCUT2D eigenvalue weighted by atomic mass is 32.2. The molecule has 3 aromatic heterocycles. The number of para-hydroxylation sites is 1. The second-order valence-electron chi connectivity index (χ2n) is 5.36. The van der Waals surface area contributed by atoms with Crippen LogP contribution in [-0.2, 0) is 4.79 Å². The van der Waals surface area contributed by atoms with Crippen molar-refractivity contribution in [1.82, 2.24) is 19.5 Å². The summed E-state index contributed by atoms with van der Waals surface area (Å²) in [4.78, 5) is 12.2. The zero-order valence-electron chi connectivity index (χ0n) is 13.6. The molecule has 0 aliphatic heterocycles. The van der Waals surface area contributed by atoms with Crippen LogP contribution in [0.1, 0.15) is 0 Å². The lowest BCUT2D eigenvalue weighted by molar-refractivity contribution is -0.113. The van der Waals surface area contributed by atoms with Crippen LogP contribution >= 0.6 is 11.8 Å². The molecule has 7 nitrogen and oxygen atoms in total. The fourth-order valence-electron chi connectivity index (χ4n) is 2.43. The van der Waals surface area contributed by atoms with E-state index in [1.165, 1.54) is 11.8 Å². The van der Waals surface area contributed by atoms with E-state index in [0.29, 0.717) is 16.7 Å². The number of aromatic nitrogens is 4. The molecule has 0 aliphatic rings. The molecule has 1 amide bonds. The van der Waals surface area contributed by atoms with E-state index in [-0.39, 0.29) is 11.7 Å². The number of nitrogens with one attached hydrogen (secondary N) is 1. The number of hydrogen-bond donors (Lipinski definition) is 1. The van der Waals surface area contributed by atoms with E-state index in [1.54, 1.807) is 17.0 Å². The molecule has 26 heavy (non-hydrogen) atoms. The second-order valence-corrected chi connectivity index (χ2v) is 6.30. The van der Waals surface area contributed by atoms with Crippen molar-refractivity contribution in [2.75, 3.05) is 11.1 Å². The molecule has 0 bridgehead atoms. The van der Waals surface area contributed by atoms with Crippen LogP contribution < -0.4 is 5.32 Å². The van der Waals surface area contributed by atoms with Gasteiger partial charge in [0.25, 0.3) is 0 Å². The predicted octanol–water partition coefficient (Wildman–Crippen LogP) is 3.38. The Labute approximate surface area is 153 Å². The van der Waals surface area contributed by atoms with Crippen LogP contribution in [0.2, 0.25) is 0 Å². The summed E-state index contributed by atoms with van der Waals surface area (Å²) in [6.07, 6.45) is 5.35. The molecular weight excluding hydrogens is 350 g/mol. The van der Waals surface area contributed by atoms with Crippen molar-refractivity contribution in [3.63, 3.8) is 0 Å². The van der Waals surface area contributed by atoms with Crippen molar-refractivity contribution >= 4 is 23.4 Å². The Hall–Kier alpha value is -3.26. The molecule has 1 aromatic carbocycles. The van der Waals surface area contributed by atoms with Crippen LogP contribution in [-0.4, -0.2) is 31.2 Å². The first-order chi connectivity index (χ1) is 12.8. The van der Waals surface area contributed by atoms with Gasteiger partial charge in [0.2, 0.25) is 16.9 Å². The number of furan rings is 1. The third-order valence-electron chi connectivity index (χ3n) is 3.56. The average Bonchev–Trinajstić information content (AvgIpc) is 3.40. The van der Waals surface area contributed by atoms with Crippen LogP contribution in [0.3, 0.4) is 0 Å². The Morgan fingerprint density at radius 2 is 1.85 bits per heavy atom. The number of carbonyl (C=O) groups is 1. The number of nitrogens with zero attached hydrogens (tertiary/aromatic N) is 4. The molecular formula is C18H15N5O2S. The number of anilines is 1. The minimum atomic E-state index is -0.109. The monoisotopic (exact) mass is 365 g/mol. The summed E-state index contributed by atoms with van der Waals surface area (Å²) in [6, 6.07) is 16.8. The van der Waals surface area contributed by atoms with Crippen molar-refractivity contribution < 1.29 is 9.21 Å². The minimum Gasteiger partial charge on any atom is -0.461 e. The molecule has 4 rings (SSSR count). The first kappa shape index (κ1) is 16.2. The summed E-state index contributed by atoms with van der Waals surface area (Å²) in [5.41, 5.74) is 0.765. The highest BCUT2D eigenvalue weighted by Crippen LogP contribution is 2.24. The summed E-state index contributed by atoms with van der Waals surface area (Å²) in [5, 5.41) is 11.9. The lowest BCUT2D eigenvalue weighted by Gasteiger charge is -2.10. The molecule has 8 heteroatoms. The van der Waals surface area contributed by atoms with Crippen LogP contribution in [0.4, 0.5) is 5.69 Å². The van der Waals surface area contributed by atoms with Crippen molar-refractivity contribution in [1.29, 1.82) is 0 Å². The average molecular weight is 365 g/mol. The first-order valence-electron chi connectivity index (χ1n) is 7.92. The summed E-state index contributed by atoms with van der Waals surface area (Å²) in [5.74, 6) is 1.28. The fraction of sp³-hybridized carbons (Fsp3) is 0.0556. The van der Waals surface area contributed by atoms with E-state index in [4.69, 9.17) is 4.42 Å². The third-order valence-corrected chi connectivity index (χ3v) is 4.48. The molecule has 0 fully saturated rings. The summed E-state index contributed by atoms with van der Waals surface area (Å²) < 4.78 is 9.10. The van der Waals surface area contributed by atoms with Gasteiger partial charge in [0, 0.05) is 18.1 Å². The maximum absolute atomic E-state index is 12.2. The van der Waals surface area contributed by atoms with E-state index in [0.717, 1.165) is 5.69 Å². The summed E-state index contributed by atoms with van der Waals surface area (Å²) in [6.45, 7) is 0. The number of carbonyl (C=O) groups excluding carboxylic acids is 1. The van der Waals surface area contributed by atoms with Gasteiger partial charge in [-0.25, -0.2) is 4.68 Å². The highest BCUT2D eigenvalue weighted by Gasteiger charge is 2.18. The van der Waals surface area contributed by atoms with Gasteiger partial charge in [0.15, 0.2) is 5.76 Å². The molecule has 0 saturated heterocycles. The first-order valence-corrected chi connectivity index (χ1v) is 8.90. The summed E-state index contributed by atoms with van der Waals surface area (Å²) in [7, 11) is 0. The molecule has 0 atom stereocenters. The van der Waals surface area contributed by atoms with Crippen molar-refractivity contribution in [2.45, 2.75) is 5.16 Å². The molecule has 0 unspecified atom stereocenters. The van der Waals surface area contributed by atoms with Gasteiger partial charge < -0.3 is 9.73 Å². The number of rotatable bonds is 6. The van der Waals surface area contributed by atoms with E-state index in [1.807, 2.05) is 65.6 Å². The van der Waals surface area contributed by atoms with Gasteiger partial charge >= 0.3 is 0 Å². The standard InChI is InChI=1S/C18H15N5O2S/c24-16(19-14-7-2-1-3-8-14)13-26-18-21-20-17(15-9-6-12-25-15)23(18)22-10-4-5-11-22/h1-12H,13H2,(H,19,24). The van der Waals surface area contributed by atoms with Gasteiger partial charge in [-0.2, -0.15) is 0 Å². The molecule has 0 aliphatic carbocycles. The van der Waals surface area contributed by atoms with Crippen molar-refractivity contribution in [3.05, 3.63) is 73.3 Å². The smallest absolute Gasteiger partial charge is 0.234 e. The zero-order valence-corrected chi connectivity index (χ0v) is 14.5. The predicted molar refractivity (Wildman–Crippen MR) is 98.7 cm³/mol. The van der Waals surface area contributed by atoms with E-state index in [2.05, 4.69) is 15.5 Å². The lowest BCUT2D eigenvalue weighted by atomic mass is 10.3. The SMILES string of the molecule is O=C(CSc1nnc(-c2ccco2)n1-n1cccc1)Nc1ccccc1. The van der Waals surface area contributed by atoms with Gasteiger partial charge in [0.05, 0.1) is 12.0 Å². The van der Waals surface area contributed by atoms with Gasteiger partial charge in [-0.15, -0.1) is 10.2 Å². The van der Waals surface area contributed by atoms with E-state index < -0.39 is 0 Å². The van der Waals surface area contributed by atoms with Crippen molar-refractivity contribution in [3.8, 4) is 11.6 Å². The molecule has 130 valence electrons. The number of thioether (sulfide) groups is 1. The molecule has 0 spiro atoms. The number of amides is 1. The topological polar surface area (TPSA) is 77.9 Å². The normalized spacial score (nSPS) is 10.8. The maximum Gasteiger partial charge on any atom is 0.234 e. The maximum atomic E-state index is 12.2. The van der Waals surface area contributed by atoms with Crippen LogP contribution in [0, 0.1) is 0 Å². The summed E-state index contributed by atoms with van der Waals surface area (Å²) >= 11 is 1.31. The Bertz CT molecular complexity index is 978. The van der Waals surface area contributed by atoms with Crippen molar-refractivity contribution in [2.24, 2.45) is 0 Å². The van der Waals surface area contributed by atoms with Gasteiger partial charge in [0.1, 0.15) is 0 Å². The molecule has 4 aromatic rings. The Morgan fingerprint density at radius 1 is 1.04 bits per heavy atom. The number of hydrogen-bond acceptors (Lipinski definition) is 5. The third kappa shape index (κ3) is 3.40. The second kappa shape index (κ2) is 7.32. The zero-order chi connectivity index (χ0) is 17.8. The lowest BCUT2D eigenvalue weighted by Crippen LogP contribution is -2.15. The molecule has 0 radical (unpaired) electrons. The van der Waals surface area contributed by atoms with Crippen LogP contribution in [0.25, 0.3) is 11.6 Å². The van der Waals surface area contributed by atoms with Crippen LogP contribution in [0.15, 0.2) is 82.8 Å². The van der Waals surface area contributed by atoms with E-state index >= 15 is 0 Å². The quantitative estimate of drug-likeness (QED) is 0.530. The Kier molecular flexibility index (Phi) is 4.57. The van der Waals surface area contributed by atoms with Gasteiger partial charge in [-0.05, 0) is 36.4 Å². The van der Waals surface area contributed by atoms with Gasteiger partial charge in [-0.3, -0.25) is 9.47 Å². The molecule has 0 saturated carbocycles. The van der Waals surface area contributed by atoms with E-state index in [9.17, 15) is 4.79 Å². The Morgan fingerprint density at radius 3 is 2.58 bits per heavy atom. The highest BCUT2D eigenvalue weighted by molar-refractivity contribution is 7.99. The minimum absolute atomic E-state index is 0.109. The fourth-order valence-corrected chi connectivity index (χ4v) is 3.16. The van der Waals surface area contributed by atoms with Gasteiger partial charge in [-0.1, -0.05) is 30.0 Å². The molecule has 3 heterocycles. The van der Waals surface area contributed by atoms with Crippen LogP contribution in [0.5, 0.6) is 0 Å².